The minimum Gasteiger partial charge on any atom is -0.469 e. The van der Waals surface area contributed by atoms with Crippen LogP contribution in [-0.2, 0) is 23.2 Å². The van der Waals surface area contributed by atoms with E-state index < -0.39 is 10.0 Å². The first kappa shape index (κ1) is 22.0. The number of hydrogen-bond acceptors (Lipinski definition) is 7. The fourth-order valence-corrected chi connectivity index (χ4v) is 4.74. The Morgan fingerprint density at radius 3 is 2.59 bits per heavy atom. The lowest BCUT2D eigenvalue weighted by molar-refractivity contribution is 0.283. The first-order valence-electron chi connectivity index (χ1n) is 10.7. The Hall–Kier alpha value is -3.83. The zero-order chi connectivity index (χ0) is 23.9. The summed E-state index contributed by atoms with van der Waals surface area (Å²) in [7, 11) is -0.541. The molecule has 10 nitrogen and oxygen atoms in total. The summed E-state index contributed by atoms with van der Waals surface area (Å²) < 4.78 is 36.0. The van der Waals surface area contributed by atoms with Gasteiger partial charge in [0.2, 0.25) is 15.9 Å². The molecule has 174 valence electrons. The van der Waals surface area contributed by atoms with Crippen molar-refractivity contribution >= 4 is 32.1 Å². The SMILES string of the molecule is CCn1c(COc2ncnc3c2cnn3-c2ccccc2)nc2cc(S(=O)(=O)N(C)C)ccc21. The van der Waals surface area contributed by atoms with Gasteiger partial charge in [0.05, 0.1) is 27.8 Å². The van der Waals surface area contributed by atoms with Crippen LogP contribution in [0, 0.1) is 0 Å². The van der Waals surface area contributed by atoms with Crippen LogP contribution in [0.3, 0.4) is 0 Å². The number of nitrogens with zero attached hydrogens (tertiary/aromatic N) is 7. The summed E-state index contributed by atoms with van der Waals surface area (Å²) in [5, 5.41) is 5.13. The number of para-hydroxylation sites is 1. The second-order valence-corrected chi connectivity index (χ2v) is 9.96. The number of fused-ring (bicyclic) bond motifs is 2. The summed E-state index contributed by atoms with van der Waals surface area (Å²) in [5.74, 6) is 1.07. The van der Waals surface area contributed by atoms with Gasteiger partial charge in [0.1, 0.15) is 24.1 Å². The first-order valence-corrected chi connectivity index (χ1v) is 12.1. The topological polar surface area (TPSA) is 108 Å². The smallest absolute Gasteiger partial charge is 0.242 e. The molecule has 0 fully saturated rings. The van der Waals surface area contributed by atoms with Crippen molar-refractivity contribution in [1.82, 2.24) is 33.6 Å². The third-order valence-corrected chi connectivity index (χ3v) is 7.37. The molecule has 5 rings (SSSR count). The standard InChI is InChI=1S/C23H23N7O3S/c1-4-29-20-11-10-17(34(31,32)28(2)3)12-19(20)27-21(29)14-33-23-18-13-26-30(22(18)24-15-25-23)16-8-6-5-7-9-16/h5-13,15H,4,14H2,1-3H3. The maximum absolute atomic E-state index is 12.5. The molecule has 0 aliphatic rings. The highest BCUT2D eigenvalue weighted by molar-refractivity contribution is 7.89. The summed E-state index contributed by atoms with van der Waals surface area (Å²) in [6.07, 6.45) is 3.12. The molecule has 2 aromatic carbocycles. The molecule has 3 heterocycles. The molecular weight excluding hydrogens is 454 g/mol. The maximum Gasteiger partial charge on any atom is 0.242 e. The van der Waals surface area contributed by atoms with E-state index in [-0.39, 0.29) is 11.5 Å². The first-order chi connectivity index (χ1) is 16.4. The Labute approximate surface area is 196 Å². The van der Waals surface area contributed by atoms with Crippen LogP contribution >= 0.6 is 0 Å². The number of imidazole rings is 1. The van der Waals surface area contributed by atoms with Crippen molar-refractivity contribution in [2.24, 2.45) is 0 Å². The molecule has 34 heavy (non-hydrogen) atoms. The van der Waals surface area contributed by atoms with Crippen molar-refractivity contribution < 1.29 is 13.2 Å². The van der Waals surface area contributed by atoms with E-state index in [1.54, 1.807) is 29.1 Å². The number of hydrogen-bond donors (Lipinski definition) is 0. The van der Waals surface area contributed by atoms with Gasteiger partial charge in [0, 0.05) is 20.6 Å². The van der Waals surface area contributed by atoms with Gasteiger partial charge in [-0.05, 0) is 37.3 Å². The van der Waals surface area contributed by atoms with Crippen molar-refractivity contribution in [3.8, 4) is 11.6 Å². The quantitative estimate of drug-likeness (QED) is 0.355. The molecule has 0 saturated carbocycles. The van der Waals surface area contributed by atoms with E-state index in [1.807, 2.05) is 41.8 Å². The Bertz CT molecular complexity index is 1590. The predicted octanol–water partition coefficient (Wildman–Crippen LogP) is 3.01. The summed E-state index contributed by atoms with van der Waals surface area (Å²) in [4.78, 5) is 13.5. The maximum atomic E-state index is 12.5. The molecule has 0 radical (unpaired) electrons. The number of rotatable bonds is 7. The molecular formula is C23H23N7O3S. The van der Waals surface area contributed by atoms with Crippen LogP contribution in [0.25, 0.3) is 27.8 Å². The summed E-state index contributed by atoms with van der Waals surface area (Å²) in [6, 6.07) is 14.7. The molecule has 0 aliphatic heterocycles. The third-order valence-electron chi connectivity index (χ3n) is 5.56. The molecule has 0 spiro atoms. The van der Waals surface area contributed by atoms with E-state index >= 15 is 0 Å². The Kier molecular flexibility index (Phi) is 5.50. The van der Waals surface area contributed by atoms with Gasteiger partial charge >= 0.3 is 0 Å². The lowest BCUT2D eigenvalue weighted by Gasteiger charge is -2.11. The van der Waals surface area contributed by atoms with Crippen LogP contribution in [0.2, 0.25) is 0 Å². The predicted molar refractivity (Wildman–Crippen MR) is 127 cm³/mol. The number of aryl methyl sites for hydroxylation is 1. The number of sulfonamides is 1. The zero-order valence-corrected chi connectivity index (χ0v) is 19.8. The fraction of sp³-hybridized carbons (Fsp3) is 0.217. The number of ether oxygens (including phenoxy) is 1. The van der Waals surface area contributed by atoms with Crippen LogP contribution in [0.1, 0.15) is 12.7 Å². The van der Waals surface area contributed by atoms with Gasteiger partial charge in [-0.25, -0.2) is 32.4 Å². The van der Waals surface area contributed by atoms with Crippen LogP contribution < -0.4 is 4.74 Å². The lowest BCUT2D eigenvalue weighted by Crippen LogP contribution is -2.22. The van der Waals surface area contributed by atoms with Crippen molar-refractivity contribution in [2.75, 3.05) is 14.1 Å². The molecule has 3 aromatic heterocycles. The Balaban J connectivity index is 1.48. The zero-order valence-electron chi connectivity index (χ0n) is 19.0. The van der Waals surface area contributed by atoms with Crippen LogP contribution in [0.5, 0.6) is 5.88 Å². The Morgan fingerprint density at radius 1 is 1.06 bits per heavy atom. The van der Waals surface area contributed by atoms with Crippen molar-refractivity contribution in [2.45, 2.75) is 25.0 Å². The van der Waals surface area contributed by atoms with E-state index in [1.165, 1.54) is 24.7 Å². The van der Waals surface area contributed by atoms with Crippen molar-refractivity contribution in [1.29, 1.82) is 0 Å². The van der Waals surface area contributed by atoms with Gasteiger partial charge in [-0.1, -0.05) is 18.2 Å². The normalized spacial score (nSPS) is 12.1. The van der Waals surface area contributed by atoms with Crippen molar-refractivity contribution in [3.05, 3.63) is 66.9 Å². The second-order valence-electron chi connectivity index (χ2n) is 7.81. The van der Waals surface area contributed by atoms with Crippen LogP contribution in [0.15, 0.2) is 66.0 Å². The van der Waals surface area contributed by atoms with Crippen LogP contribution in [-0.4, -0.2) is 56.1 Å². The van der Waals surface area contributed by atoms with E-state index in [2.05, 4.69) is 20.1 Å². The highest BCUT2D eigenvalue weighted by Crippen LogP contribution is 2.26. The van der Waals surface area contributed by atoms with E-state index in [9.17, 15) is 8.42 Å². The fourth-order valence-electron chi connectivity index (χ4n) is 3.82. The molecule has 0 unspecified atom stereocenters. The van der Waals surface area contributed by atoms with Gasteiger partial charge in [-0.2, -0.15) is 5.10 Å². The molecule has 0 atom stereocenters. The third kappa shape index (κ3) is 3.68. The van der Waals surface area contributed by atoms with Gasteiger partial charge in [-0.15, -0.1) is 0 Å². The second kappa shape index (κ2) is 8.50. The number of benzene rings is 2. The van der Waals surface area contributed by atoms with Crippen LogP contribution in [0.4, 0.5) is 0 Å². The van der Waals surface area contributed by atoms with E-state index in [0.717, 1.165) is 11.2 Å². The average molecular weight is 478 g/mol. The summed E-state index contributed by atoms with van der Waals surface area (Å²) in [5.41, 5.74) is 2.95. The van der Waals surface area contributed by atoms with Crippen molar-refractivity contribution in [3.63, 3.8) is 0 Å². The van der Waals surface area contributed by atoms with E-state index in [0.29, 0.717) is 34.8 Å². The summed E-state index contributed by atoms with van der Waals surface area (Å²) in [6.45, 7) is 2.81. The summed E-state index contributed by atoms with van der Waals surface area (Å²) >= 11 is 0. The highest BCUT2D eigenvalue weighted by atomic mass is 32.2. The highest BCUT2D eigenvalue weighted by Gasteiger charge is 2.20. The van der Waals surface area contributed by atoms with Gasteiger partial charge < -0.3 is 9.30 Å². The largest absolute Gasteiger partial charge is 0.469 e. The molecule has 0 aliphatic carbocycles. The minimum absolute atomic E-state index is 0.154. The van der Waals surface area contributed by atoms with Gasteiger partial charge in [0.25, 0.3) is 0 Å². The molecule has 11 heteroatoms. The average Bonchev–Trinajstić information content (AvgIpc) is 3.44. The molecule has 0 saturated heterocycles. The van der Waals surface area contributed by atoms with Gasteiger partial charge in [0.15, 0.2) is 5.65 Å². The molecule has 0 N–H and O–H groups in total. The molecule has 0 bridgehead atoms. The van der Waals surface area contributed by atoms with Gasteiger partial charge in [-0.3, -0.25) is 0 Å². The lowest BCUT2D eigenvalue weighted by atomic mass is 10.3. The molecule has 5 aromatic rings. The molecule has 0 amide bonds. The Morgan fingerprint density at radius 2 is 1.85 bits per heavy atom. The monoisotopic (exact) mass is 477 g/mol. The van der Waals surface area contributed by atoms with E-state index in [4.69, 9.17) is 4.74 Å². The minimum atomic E-state index is -3.55. The number of aromatic nitrogens is 6.